The van der Waals surface area contributed by atoms with E-state index < -0.39 is 22.5 Å². The molecule has 0 aliphatic rings. The third-order valence-corrected chi connectivity index (χ3v) is 3.95. The highest BCUT2D eigenvalue weighted by Crippen LogP contribution is 2.08. The van der Waals surface area contributed by atoms with Gasteiger partial charge in [-0.2, -0.15) is 4.31 Å². The van der Waals surface area contributed by atoms with Crippen LogP contribution in [0.5, 0.6) is 0 Å². The lowest BCUT2D eigenvalue weighted by atomic mass is 10.3. The smallest absolute Gasteiger partial charge is 0.318 e. The maximum atomic E-state index is 11.7. The molecule has 1 N–H and O–H groups in total. The first-order valence-corrected chi connectivity index (χ1v) is 6.65. The minimum Gasteiger partial charge on any atom is -0.480 e. The van der Waals surface area contributed by atoms with E-state index in [2.05, 4.69) is 4.98 Å². The Morgan fingerprint density at radius 2 is 2.00 bits per heavy atom. The van der Waals surface area contributed by atoms with Gasteiger partial charge in [0.15, 0.2) is 0 Å². The van der Waals surface area contributed by atoms with Crippen molar-refractivity contribution in [2.24, 2.45) is 0 Å². The van der Waals surface area contributed by atoms with E-state index in [-0.39, 0.29) is 12.3 Å². The number of hydrogen-bond acceptors (Lipinski definition) is 4. The number of hydrogen-bond donors (Lipinski definition) is 1. The van der Waals surface area contributed by atoms with Crippen LogP contribution in [0.15, 0.2) is 24.5 Å². The Hall–Kier alpha value is -1.47. The molecule has 0 radical (unpaired) electrons. The van der Waals surface area contributed by atoms with Crippen LogP contribution in [0.2, 0.25) is 0 Å². The summed E-state index contributed by atoms with van der Waals surface area (Å²) in [4.78, 5) is 14.5. The maximum absolute atomic E-state index is 11.7. The minimum absolute atomic E-state index is 0.0466. The molecule has 0 saturated carbocycles. The second kappa shape index (κ2) is 5.74. The van der Waals surface area contributed by atoms with Crippen molar-refractivity contribution in [2.45, 2.75) is 13.5 Å². The van der Waals surface area contributed by atoms with Gasteiger partial charge in [0.25, 0.3) is 0 Å². The molecule has 6 nitrogen and oxygen atoms in total. The molecule has 0 aromatic carbocycles. The predicted octanol–water partition coefficient (Wildman–Crippen LogP) is 0.318. The summed E-state index contributed by atoms with van der Waals surface area (Å²) in [7, 11) is -3.52. The van der Waals surface area contributed by atoms with Crippen LogP contribution >= 0.6 is 0 Å². The molecule has 0 saturated heterocycles. The third-order valence-electron chi connectivity index (χ3n) is 2.18. The lowest BCUT2D eigenvalue weighted by molar-refractivity contribution is -0.137. The fraction of sp³-hybridized carbons (Fsp3) is 0.400. The Morgan fingerprint density at radius 1 is 1.41 bits per heavy atom. The monoisotopic (exact) mass is 258 g/mol. The van der Waals surface area contributed by atoms with Crippen LogP contribution in [0.4, 0.5) is 0 Å². The van der Waals surface area contributed by atoms with Gasteiger partial charge in [-0.1, -0.05) is 0 Å². The Balaban J connectivity index is 2.89. The summed E-state index contributed by atoms with van der Waals surface area (Å²) in [6.07, 6.45) is 3.07. The van der Waals surface area contributed by atoms with E-state index in [1.54, 1.807) is 12.1 Å². The Morgan fingerprint density at radius 3 is 2.47 bits per heavy atom. The standard InChI is InChI=1S/C10H14N2O4S/c1-2-17(15,16)12(8-10(13)14)7-9-3-5-11-6-4-9/h3-6H,2,7-8H2,1H3,(H,13,14). The van der Waals surface area contributed by atoms with Crippen LogP contribution in [-0.2, 0) is 21.4 Å². The molecule has 0 aliphatic carbocycles. The molecule has 0 atom stereocenters. The third kappa shape index (κ3) is 4.12. The molecule has 0 amide bonds. The molecular weight excluding hydrogens is 244 g/mol. The van der Waals surface area contributed by atoms with Gasteiger partial charge in [0.1, 0.15) is 6.54 Å². The summed E-state index contributed by atoms with van der Waals surface area (Å²) in [5.41, 5.74) is 0.707. The van der Waals surface area contributed by atoms with Crippen molar-refractivity contribution in [3.8, 4) is 0 Å². The lowest BCUT2D eigenvalue weighted by Crippen LogP contribution is -2.36. The second-order valence-electron chi connectivity index (χ2n) is 3.42. The van der Waals surface area contributed by atoms with E-state index in [9.17, 15) is 13.2 Å². The molecule has 0 unspecified atom stereocenters. The normalized spacial score (nSPS) is 11.6. The van der Waals surface area contributed by atoms with Crippen molar-refractivity contribution in [3.63, 3.8) is 0 Å². The number of aromatic nitrogens is 1. The Bertz CT molecular complexity index is 472. The fourth-order valence-corrected chi connectivity index (χ4v) is 2.30. The number of carbonyl (C=O) groups is 1. The second-order valence-corrected chi connectivity index (χ2v) is 5.68. The van der Waals surface area contributed by atoms with Gasteiger partial charge in [-0.25, -0.2) is 8.42 Å². The molecule has 1 aromatic heterocycles. The van der Waals surface area contributed by atoms with E-state index >= 15 is 0 Å². The van der Waals surface area contributed by atoms with E-state index in [0.717, 1.165) is 4.31 Å². The zero-order chi connectivity index (χ0) is 12.9. The van der Waals surface area contributed by atoms with Crippen LogP contribution in [0.25, 0.3) is 0 Å². The zero-order valence-corrected chi connectivity index (χ0v) is 10.2. The molecule has 7 heteroatoms. The van der Waals surface area contributed by atoms with Crippen LogP contribution in [0.1, 0.15) is 12.5 Å². The van der Waals surface area contributed by atoms with E-state index in [1.807, 2.05) is 0 Å². The minimum atomic E-state index is -3.52. The first kappa shape index (κ1) is 13.6. The number of carboxylic acids is 1. The van der Waals surface area contributed by atoms with Crippen molar-refractivity contribution >= 4 is 16.0 Å². The Labute approximate surface area is 100.0 Å². The van der Waals surface area contributed by atoms with E-state index in [1.165, 1.54) is 19.3 Å². The summed E-state index contributed by atoms with van der Waals surface area (Å²) >= 11 is 0. The van der Waals surface area contributed by atoms with Crippen molar-refractivity contribution in [2.75, 3.05) is 12.3 Å². The van der Waals surface area contributed by atoms with Gasteiger partial charge in [0, 0.05) is 18.9 Å². The van der Waals surface area contributed by atoms with Crippen LogP contribution in [-0.4, -0.2) is 41.1 Å². The van der Waals surface area contributed by atoms with Crippen molar-refractivity contribution < 1.29 is 18.3 Å². The van der Waals surface area contributed by atoms with Gasteiger partial charge >= 0.3 is 5.97 Å². The Kier molecular flexibility index (Phi) is 4.59. The molecule has 94 valence electrons. The van der Waals surface area contributed by atoms with Gasteiger partial charge in [-0.05, 0) is 24.6 Å². The number of rotatable bonds is 6. The summed E-state index contributed by atoms with van der Waals surface area (Å²) in [5, 5.41) is 8.70. The molecular formula is C10H14N2O4S. The highest BCUT2D eigenvalue weighted by molar-refractivity contribution is 7.89. The lowest BCUT2D eigenvalue weighted by Gasteiger charge is -2.19. The summed E-state index contributed by atoms with van der Waals surface area (Å²) in [6, 6.07) is 3.31. The van der Waals surface area contributed by atoms with Gasteiger partial charge in [0.05, 0.1) is 5.75 Å². The predicted molar refractivity (Wildman–Crippen MR) is 61.7 cm³/mol. The number of carboxylic acid groups (broad SMARTS) is 1. The topological polar surface area (TPSA) is 87.6 Å². The van der Waals surface area contributed by atoms with Crippen LogP contribution < -0.4 is 0 Å². The number of pyridine rings is 1. The number of sulfonamides is 1. The first-order valence-electron chi connectivity index (χ1n) is 5.04. The van der Waals surface area contributed by atoms with Gasteiger partial charge in [-0.15, -0.1) is 0 Å². The van der Waals surface area contributed by atoms with Crippen LogP contribution in [0, 0.1) is 0 Å². The molecule has 1 aromatic rings. The average molecular weight is 258 g/mol. The first-order chi connectivity index (χ1) is 7.95. The van der Waals surface area contributed by atoms with E-state index in [4.69, 9.17) is 5.11 Å². The van der Waals surface area contributed by atoms with Crippen molar-refractivity contribution in [3.05, 3.63) is 30.1 Å². The highest BCUT2D eigenvalue weighted by Gasteiger charge is 2.22. The highest BCUT2D eigenvalue weighted by atomic mass is 32.2. The van der Waals surface area contributed by atoms with Gasteiger partial charge in [-0.3, -0.25) is 9.78 Å². The van der Waals surface area contributed by atoms with Crippen molar-refractivity contribution in [1.29, 1.82) is 0 Å². The van der Waals surface area contributed by atoms with Gasteiger partial charge < -0.3 is 5.11 Å². The van der Waals surface area contributed by atoms with Crippen molar-refractivity contribution in [1.82, 2.24) is 9.29 Å². The number of aliphatic carboxylic acids is 1. The summed E-state index contributed by atoms with van der Waals surface area (Å²) in [6.45, 7) is 1.00. The quantitative estimate of drug-likeness (QED) is 0.793. The maximum Gasteiger partial charge on any atom is 0.318 e. The van der Waals surface area contributed by atoms with E-state index in [0.29, 0.717) is 5.56 Å². The summed E-state index contributed by atoms with van der Waals surface area (Å²) in [5.74, 6) is -1.29. The SMILES string of the molecule is CCS(=O)(=O)N(CC(=O)O)Cc1ccncc1. The molecule has 0 bridgehead atoms. The van der Waals surface area contributed by atoms with Crippen LogP contribution in [0.3, 0.4) is 0 Å². The average Bonchev–Trinajstić information content (AvgIpc) is 2.29. The molecule has 0 aliphatic heterocycles. The fourth-order valence-electron chi connectivity index (χ4n) is 1.28. The molecule has 17 heavy (non-hydrogen) atoms. The summed E-state index contributed by atoms with van der Waals surface area (Å²) < 4.78 is 24.3. The molecule has 0 spiro atoms. The molecule has 1 heterocycles. The molecule has 1 rings (SSSR count). The molecule has 0 fully saturated rings. The van der Waals surface area contributed by atoms with Gasteiger partial charge in [0.2, 0.25) is 10.0 Å². The number of nitrogens with zero attached hydrogens (tertiary/aromatic N) is 2. The zero-order valence-electron chi connectivity index (χ0n) is 9.41. The largest absolute Gasteiger partial charge is 0.480 e.